The highest BCUT2D eigenvalue weighted by atomic mass is 32.1. The van der Waals surface area contributed by atoms with Crippen molar-refractivity contribution >= 4 is 25.9 Å². The Hall–Kier alpha value is -2.33. The Bertz CT molecular complexity index is 1060. The standard InChI is InChI=1S/C21H22F4N3O3PS/c22-14-4-3-5-17(32)18(14)31-9-2-1-8-30-16-7-6-12(10-13(16)21(23,24)25)19-27-28-20(33-19)15(26)11-29/h3-7,10,15,29H,1-2,8-9,11,26,32H2. The van der Waals surface area contributed by atoms with Crippen LogP contribution in [0.4, 0.5) is 17.6 Å². The minimum absolute atomic E-state index is 0.0328. The molecule has 1 heterocycles. The summed E-state index contributed by atoms with van der Waals surface area (Å²) in [5.41, 5.74) is 4.96. The van der Waals surface area contributed by atoms with Crippen molar-refractivity contribution in [2.75, 3.05) is 19.8 Å². The number of hydrogen-bond donors (Lipinski definition) is 2. The van der Waals surface area contributed by atoms with Crippen LogP contribution in [0.1, 0.15) is 29.5 Å². The highest BCUT2D eigenvalue weighted by molar-refractivity contribution is 7.27. The number of hydrogen-bond acceptors (Lipinski definition) is 7. The van der Waals surface area contributed by atoms with E-state index >= 15 is 0 Å². The van der Waals surface area contributed by atoms with E-state index < -0.39 is 23.6 Å². The van der Waals surface area contributed by atoms with Gasteiger partial charge < -0.3 is 20.3 Å². The first-order valence-electron chi connectivity index (χ1n) is 9.91. The third-order valence-corrected chi connectivity index (χ3v) is 6.09. The van der Waals surface area contributed by atoms with Gasteiger partial charge in [0.25, 0.3) is 0 Å². The third kappa shape index (κ3) is 6.60. The van der Waals surface area contributed by atoms with Gasteiger partial charge in [-0.1, -0.05) is 23.5 Å². The highest BCUT2D eigenvalue weighted by Gasteiger charge is 2.35. The maximum atomic E-state index is 13.7. The summed E-state index contributed by atoms with van der Waals surface area (Å²) in [6.45, 7) is -0.115. The SMILES string of the molecule is NC(CO)c1nnc(-c2ccc(OCCCCOc3c(F)cccc3P)c(C(F)(F)F)c2)s1. The van der Waals surface area contributed by atoms with E-state index in [4.69, 9.17) is 20.3 Å². The van der Waals surface area contributed by atoms with Gasteiger partial charge in [0.15, 0.2) is 11.6 Å². The lowest BCUT2D eigenvalue weighted by atomic mass is 10.1. The molecule has 1 aromatic heterocycles. The second kappa shape index (κ2) is 11.2. The molecule has 0 radical (unpaired) electrons. The Balaban J connectivity index is 1.60. The number of halogens is 4. The van der Waals surface area contributed by atoms with Gasteiger partial charge in [0.2, 0.25) is 0 Å². The van der Waals surface area contributed by atoms with Gasteiger partial charge in [-0.2, -0.15) is 13.2 Å². The quantitative estimate of drug-likeness (QED) is 0.246. The first kappa shape index (κ1) is 25.3. The molecule has 33 heavy (non-hydrogen) atoms. The lowest BCUT2D eigenvalue weighted by molar-refractivity contribution is -0.138. The lowest BCUT2D eigenvalue weighted by Gasteiger charge is -2.15. The maximum Gasteiger partial charge on any atom is 0.419 e. The minimum atomic E-state index is -4.64. The van der Waals surface area contributed by atoms with Crippen LogP contribution < -0.4 is 20.5 Å². The van der Waals surface area contributed by atoms with Gasteiger partial charge >= 0.3 is 6.18 Å². The van der Waals surface area contributed by atoms with E-state index in [2.05, 4.69) is 19.4 Å². The predicted molar refractivity (Wildman–Crippen MR) is 120 cm³/mol. The van der Waals surface area contributed by atoms with Crippen LogP contribution in [0.3, 0.4) is 0 Å². The normalized spacial score (nSPS) is 12.6. The number of benzene rings is 2. The number of rotatable bonds is 10. The summed E-state index contributed by atoms with van der Waals surface area (Å²) in [4.78, 5) is 0. The van der Waals surface area contributed by atoms with E-state index in [0.717, 1.165) is 17.4 Å². The summed E-state index contributed by atoms with van der Waals surface area (Å²) >= 11 is 1.01. The first-order valence-corrected chi connectivity index (χ1v) is 11.3. The molecule has 2 atom stereocenters. The molecule has 178 valence electrons. The van der Waals surface area contributed by atoms with Gasteiger partial charge in [-0.25, -0.2) is 4.39 Å². The molecule has 0 saturated heterocycles. The zero-order chi connectivity index (χ0) is 24.0. The van der Waals surface area contributed by atoms with Gasteiger partial charge in [0.1, 0.15) is 15.8 Å². The topological polar surface area (TPSA) is 90.5 Å². The van der Waals surface area contributed by atoms with Crippen LogP contribution in [-0.2, 0) is 6.18 Å². The van der Waals surface area contributed by atoms with Crippen molar-refractivity contribution in [1.29, 1.82) is 0 Å². The number of alkyl halides is 3. The van der Waals surface area contributed by atoms with Crippen LogP contribution in [0.2, 0.25) is 0 Å². The molecule has 0 aliphatic heterocycles. The zero-order valence-electron chi connectivity index (χ0n) is 17.3. The monoisotopic (exact) mass is 503 g/mol. The number of nitrogens with zero attached hydrogens (tertiary/aromatic N) is 2. The fraction of sp³-hybridized carbons (Fsp3) is 0.333. The van der Waals surface area contributed by atoms with Crippen molar-refractivity contribution in [1.82, 2.24) is 10.2 Å². The molecule has 0 aliphatic rings. The molecule has 0 bridgehead atoms. The molecule has 3 rings (SSSR count). The Morgan fingerprint density at radius 3 is 2.48 bits per heavy atom. The predicted octanol–water partition coefficient (Wildman–Crippen LogP) is 4.09. The molecule has 3 N–H and O–H groups in total. The first-order chi connectivity index (χ1) is 15.7. The summed E-state index contributed by atoms with van der Waals surface area (Å²) in [5, 5.41) is 18.0. The molecule has 0 fully saturated rings. The molecule has 0 saturated carbocycles. The van der Waals surface area contributed by atoms with E-state index in [9.17, 15) is 17.6 Å². The van der Waals surface area contributed by atoms with Crippen LogP contribution in [0.5, 0.6) is 11.5 Å². The number of para-hydroxylation sites is 1. The van der Waals surface area contributed by atoms with E-state index in [1.54, 1.807) is 12.1 Å². The number of aliphatic hydroxyl groups excluding tert-OH is 1. The fourth-order valence-corrected chi connectivity index (χ4v) is 3.99. The fourth-order valence-electron chi connectivity index (χ4n) is 2.83. The van der Waals surface area contributed by atoms with Gasteiger partial charge in [0, 0.05) is 10.9 Å². The number of nitrogens with two attached hydrogens (primary N) is 1. The molecule has 0 aliphatic carbocycles. The Morgan fingerprint density at radius 1 is 1.09 bits per heavy atom. The van der Waals surface area contributed by atoms with Crippen molar-refractivity contribution < 1.29 is 32.1 Å². The Labute approximate surface area is 194 Å². The molecule has 2 aromatic carbocycles. The van der Waals surface area contributed by atoms with Crippen LogP contribution in [0, 0.1) is 5.82 Å². The van der Waals surface area contributed by atoms with Crippen LogP contribution in [0.15, 0.2) is 36.4 Å². The van der Waals surface area contributed by atoms with Crippen molar-refractivity contribution in [2.45, 2.75) is 25.1 Å². The van der Waals surface area contributed by atoms with Gasteiger partial charge in [-0.15, -0.1) is 19.4 Å². The number of unbranched alkanes of at least 4 members (excludes halogenated alkanes) is 1. The van der Waals surface area contributed by atoms with Gasteiger partial charge in [-0.05, 0) is 37.1 Å². The zero-order valence-corrected chi connectivity index (χ0v) is 19.3. The van der Waals surface area contributed by atoms with Crippen LogP contribution >= 0.6 is 20.6 Å². The summed E-state index contributed by atoms with van der Waals surface area (Å²) in [6, 6.07) is 7.45. The summed E-state index contributed by atoms with van der Waals surface area (Å²) in [7, 11) is 2.38. The molecule has 2 unspecified atom stereocenters. The Kier molecular flexibility index (Phi) is 8.58. The number of aromatic nitrogens is 2. The van der Waals surface area contributed by atoms with E-state index in [1.807, 2.05) is 0 Å². The van der Waals surface area contributed by atoms with Crippen molar-refractivity contribution in [2.24, 2.45) is 5.73 Å². The molecule has 0 spiro atoms. The Morgan fingerprint density at radius 2 is 1.82 bits per heavy atom. The van der Waals surface area contributed by atoms with Gasteiger partial charge in [-0.3, -0.25) is 0 Å². The maximum absolute atomic E-state index is 13.7. The van der Waals surface area contributed by atoms with Crippen LogP contribution in [-0.4, -0.2) is 35.1 Å². The smallest absolute Gasteiger partial charge is 0.419 e. The van der Waals surface area contributed by atoms with Gasteiger partial charge in [0.05, 0.1) is 31.4 Å². The second-order valence-electron chi connectivity index (χ2n) is 7.01. The van der Waals surface area contributed by atoms with E-state index in [1.165, 1.54) is 18.2 Å². The van der Waals surface area contributed by atoms with Crippen molar-refractivity contribution in [3.8, 4) is 22.1 Å². The average Bonchev–Trinajstić information content (AvgIpc) is 3.27. The summed E-state index contributed by atoms with van der Waals surface area (Å²) in [5.74, 6) is -0.641. The van der Waals surface area contributed by atoms with Crippen LogP contribution in [0.25, 0.3) is 10.6 Å². The molecular formula is C21H22F4N3O3PS. The summed E-state index contributed by atoms with van der Waals surface area (Å²) < 4.78 is 65.3. The average molecular weight is 503 g/mol. The molecular weight excluding hydrogens is 481 g/mol. The van der Waals surface area contributed by atoms with Crippen molar-refractivity contribution in [3.05, 3.63) is 52.8 Å². The largest absolute Gasteiger partial charge is 0.493 e. The highest BCUT2D eigenvalue weighted by Crippen LogP contribution is 2.39. The minimum Gasteiger partial charge on any atom is -0.493 e. The summed E-state index contributed by atoms with van der Waals surface area (Å²) in [6.07, 6.45) is -3.75. The molecule has 0 amide bonds. The van der Waals surface area contributed by atoms with E-state index in [-0.39, 0.29) is 41.9 Å². The molecule has 12 heteroatoms. The number of ether oxygens (including phenoxy) is 2. The van der Waals surface area contributed by atoms with E-state index in [0.29, 0.717) is 23.2 Å². The third-order valence-electron chi connectivity index (χ3n) is 4.53. The van der Waals surface area contributed by atoms with Crippen molar-refractivity contribution in [3.63, 3.8) is 0 Å². The molecule has 6 nitrogen and oxygen atoms in total. The number of aliphatic hydroxyl groups is 1. The lowest BCUT2D eigenvalue weighted by Crippen LogP contribution is -2.13. The molecule has 3 aromatic rings. The second-order valence-corrected chi connectivity index (χ2v) is 8.64.